The van der Waals surface area contributed by atoms with Gasteiger partial charge in [0.05, 0.1) is 19.8 Å². The Labute approximate surface area is 258 Å². The number of unbranched alkanes of at least 4 members (excludes halogenated alkanes) is 3. The molecule has 228 valence electrons. The van der Waals surface area contributed by atoms with Gasteiger partial charge in [-0.2, -0.15) is 0 Å². The average molecular weight is 581 g/mol. The third-order valence-electron chi connectivity index (χ3n) is 7.79. The molecule has 0 fully saturated rings. The molecular weight excluding hydrogens is 532 g/mol. The lowest BCUT2D eigenvalue weighted by atomic mass is 10.0. The average Bonchev–Trinajstić information content (AvgIpc) is 3.05. The van der Waals surface area contributed by atoms with Crippen molar-refractivity contribution in [2.24, 2.45) is 0 Å². The minimum atomic E-state index is 0.263. The van der Waals surface area contributed by atoms with Gasteiger partial charge in [0.1, 0.15) is 5.75 Å². The highest BCUT2D eigenvalue weighted by Crippen LogP contribution is 2.27. The number of aryl methyl sites for hydroxylation is 3. The van der Waals surface area contributed by atoms with Crippen molar-refractivity contribution in [1.82, 2.24) is 0 Å². The van der Waals surface area contributed by atoms with E-state index in [0.717, 1.165) is 74.5 Å². The summed E-state index contributed by atoms with van der Waals surface area (Å²) in [5, 5.41) is 10.8. The number of hydrogen-bond donors (Lipinski definition) is 1. The van der Waals surface area contributed by atoms with Crippen molar-refractivity contribution in [1.29, 1.82) is 0 Å². The van der Waals surface area contributed by atoms with Crippen LogP contribution in [0.2, 0.25) is 0 Å². The van der Waals surface area contributed by atoms with Gasteiger partial charge >= 0.3 is 0 Å². The van der Waals surface area contributed by atoms with Gasteiger partial charge in [0.25, 0.3) is 0 Å². The number of phenols is 1. The monoisotopic (exact) mass is 580 g/mol. The van der Waals surface area contributed by atoms with Gasteiger partial charge in [-0.15, -0.1) is 0 Å². The minimum absolute atomic E-state index is 0.263. The SMILES string of the molecule is Oc1ccc(COCCCCc2ccccc2)c(COCCCCc2ccccc2)c1COCCCCc1ccccc1. The summed E-state index contributed by atoms with van der Waals surface area (Å²) in [6, 6.07) is 35.5. The van der Waals surface area contributed by atoms with E-state index in [0.29, 0.717) is 39.6 Å². The van der Waals surface area contributed by atoms with Crippen LogP contribution in [0.25, 0.3) is 0 Å². The molecule has 0 amide bonds. The van der Waals surface area contributed by atoms with Crippen molar-refractivity contribution in [2.45, 2.75) is 77.6 Å². The highest BCUT2D eigenvalue weighted by molar-refractivity contribution is 5.43. The second-order valence-corrected chi connectivity index (χ2v) is 11.2. The molecule has 0 spiro atoms. The summed E-state index contributed by atoms with van der Waals surface area (Å²) in [5.74, 6) is 0.263. The molecule has 4 aromatic carbocycles. The summed E-state index contributed by atoms with van der Waals surface area (Å²) in [5.41, 5.74) is 6.97. The van der Waals surface area contributed by atoms with E-state index < -0.39 is 0 Å². The molecule has 1 N–H and O–H groups in total. The Morgan fingerprint density at radius 2 is 0.791 bits per heavy atom. The number of phenolic OH excluding ortho intramolecular Hbond substituents is 1. The lowest BCUT2D eigenvalue weighted by Gasteiger charge is -2.17. The van der Waals surface area contributed by atoms with E-state index in [9.17, 15) is 5.11 Å². The highest BCUT2D eigenvalue weighted by atomic mass is 16.5. The fourth-order valence-corrected chi connectivity index (χ4v) is 5.27. The van der Waals surface area contributed by atoms with Crippen LogP contribution in [0.1, 0.15) is 71.9 Å². The zero-order valence-corrected chi connectivity index (χ0v) is 25.6. The Morgan fingerprint density at radius 1 is 0.395 bits per heavy atom. The molecule has 0 aliphatic heterocycles. The molecule has 0 saturated carbocycles. The molecule has 0 heterocycles. The molecule has 4 rings (SSSR count). The predicted molar refractivity (Wildman–Crippen MR) is 175 cm³/mol. The van der Waals surface area contributed by atoms with Gasteiger partial charge in [-0.05, 0) is 91.7 Å². The number of aromatic hydroxyl groups is 1. The summed E-state index contributed by atoms with van der Waals surface area (Å²) in [6.07, 6.45) is 9.43. The molecule has 0 aliphatic rings. The minimum Gasteiger partial charge on any atom is -0.508 e. The van der Waals surface area contributed by atoms with Crippen molar-refractivity contribution >= 4 is 0 Å². The molecule has 4 aromatic rings. The molecule has 4 nitrogen and oxygen atoms in total. The topological polar surface area (TPSA) is 47.9 Å². The predicted octanol–water partition coefficient (Wildman–Crippen LogP) is 9.01. The molecule has 0 radical (unpaired) electrons. The van der Waals surface area contributed by atoms with Crippen LogP contribution in [0.3, 0.4) is 0 Å². The first-order valence-electron chi connectivity index (χ1n) is 16.0. The molecule has 43 heavy (non-hydrogen) atoms. The largest absolute Gasteiger partial charge is 0.508 e. The maximum Gasteiger partial charge on any atom is 0.121 e. The Balaban J connectivity index is 1.25. The van der Waals surface area contributed by atoms with E-state index in [4.69, 9.17) is 14.2 Å². The van der Waals surface area contributed by atoms with Crippen LogP contribution in [-0.2, 0) is 53.3 Å². The van der Waals surface area contributed by atoms with Crippen LogP contribution in [0.15, 0.2) is 103 Å². The molecule has 4 heteroatoms. The number of benzene rings is 4. The van der Waals surface area contributed by atoms with Gasteiger partial charge in [-0.1, -0.05) is 97.1 Å². The van der Waals surface area contributed by atoms with Gasteiger partial charge in [-0.3, -0.25) is 0 Å². The zero-order valence-electron chi connectivity index (χ0n) is 25.6. The molecule has 0 atom stereocenters. The molecular formula is C39H48O4. The van der Waals surface area contributed by atoms with Gasteiger partial charge in [0.15, 0.2) is 0 Å². The van der Waals surface area contributed by atoms with E-state index in [1.807, 2.05) is 6.07 Å². The molecule has 0 aliphatic carbocycles. The molecule has 0 aromatic heterocycles. The van der Waals surface area contributed by atoms with Gasteiger partial charge in [0.2, 0.25) is 0 Å². The van der Waals surface area contributed by atoms with E-state index in [-0.39, 0.29) is 5.75 Å². The van der Waals surface area contributed by atoms with Crippen LogP contribution in [0.5, 0.6) is 5.75 Å². The maximum atomic E-state index is 10.8. The Kier molecular flexibility index (Phi) is 14.9. The van der Waals surface area contributed by atoms with Crippen LogP contribution in [0, 0.1) is 0 Å². The van der Waals surface area contributed by atoms with Crippen LogP contribution < -0.4 is 0 Å². The Morgan fingerprint density at radius 3 is 1.23 bits per heavy atom. The first kappa shape index (κ1) is 32.5. The number of hydrogen-bond acceptors (Lipinski definition) is 4. The summed E-state index contributed by atoms with van der Waals surface area (Å²) in [7, 11) is 0. The number of rotatable bonds is 21. The van der Waals surface area contributed by atoms with Crippen LogP contribution >= 0.6 is 0 Å². The second kappa shape index (κ2) is 19.7. The third-order valence-corrected chi connectivity index (χ3v) is 7.79. The van der Waals surface area contributed by atoms with Crippen LogP contribution in [-0.4, -0.2) is 24.9 Å². The first-order chi connectivity index (χ1) is 21.3. The van der Waals surface area contributed by atoms with Gasteiger partial charge in [0, 0.05) is 25.4 Å². The van der Waals surface area contributed by atoms with Gasteiger partial charge in [-0.25, -0.2) is 0 Å². The van der Waals surface area contributed by atoms with E-state index >= 15 is 0 Å². The Bertz CT molecular complexity index is 1270. The molecule has 0 unspecified atom stereocenters. The fourth-order valence-electron chi connectivity index (χ4n) is 5.27. The summed E-state index contributed by atoms with van der Waals surface area (Å²) in [4.78, 5) is 0. The van der Waals surface area contributed by atoms with E-state index in [1.165, 1.54) is 16.7 Å². The highest BCUT2D eigenvalue weighted by Gasteiger charge is 2.14. The number of ether oxygens (including phenoxy) is 3. The summed E-state index contributed by atoms with van der Waals surface area (Å²) < 4.78 is 18.3. The smallest absolute Gasteiger partial charge is 0.121 e. The second-order valence-electron chi connectivity index (χ2n) is 11.2. The fraction of sp³-hybridized carbons (Fsp3) is 0.385. The summed E-state index contributed by atoms with van der Waals surface area (Å²) >= 11 is 0. The van der Waals surface area contributed by atoms with Crippen molar-refractivity contribution in [2.75, 3.05) is 19.8 Å². The third kappa shape index (κ3) is 12.4. The van der Waals surface area contributed by atoms with Crippen molar-refractivity contribution in [3.05, 3.63) is 137 Å². The lowest BCUT2D eigenvalue weighted by Crippen LogP contribution is -2.08. The quantitative estimate of drug-likeness (QED) is 0.0999. The van der Waals surface area contributed by atoms with Crippen molar-refractivity contribution in [3.63, 3.8) is 0 Å². The standard InChI is InChI=1S/C39H48O4/c40-39-26-25-36(30-41-27-13-10-22-33-16-4-1-5-17-33)37(31-42-28-14-11-23-34-18-6-2-7-19-34)38(39)32-43-29-15-12-24-35-20-8-3-9-21-35/h1-9,16-21,25-26,40H,10-15,22-24,27-32H2. The maximum absolute atomic E-state index is 10.8. The van der Waals surface area contributed by atoms with Gasteiger partial charge < -0.3 is 19.3 Å². The van der Waals surface area contributed by atoms with E-state index in [2.05, 4.69) is 91.0 Å². The lowest BCUT2D eigenvalue weighted by molar-refractivity contribution is 0.0950. The van der Waals surface area contributed by atoms with E-state index in [1.54, 1.807) is 6.07 Å². The van der Waals surface area contributed by atoms with Crippen molar-refractivity contribution < 1.29 is 19.3 Å². The summed E-state index contributed by atoms with van der Waals surface area (Å²) in [6.45, 7) is 3.37. The van der Waals surface area contributed by atoms with Crippen LogP contribution in [0.4, 0.5) is 0 Å². The molecule has 0 bridgehead atoms. The first-order valence-corrected chi connectivity index (χ1v) is 16.0. The zero-order chi connectivity index (χ0) is 29.8. The Hall–Kier alpha value is -3.44. The van der Waals surface area contributed by atoms with Crippen molar-refractivity contribution in [3.8, 4) is 5.75 Å². The molecule has 0 saturated heterocycles. The normalized spacial score (nSPS) is 11.2.